The van der Waals surface area contributed by atoms with Crippen LogP contribution in [0.5, 0.6) is 5.75 Å². The van der Waals surface area contributed by atoms with Crippen molar-refractivity contribution in [2.24, 2.45) is 4.99 Å². The zero-order valence-corrected chi connectivity index (χ0v) is 17.6. The lowest BCUT2D eigenvalue weighted by molar-refractivity contribution is 0.336. The Morgan fingerprint density at radius 1 is 1.00 bits per heavy atom. The average Bonchev–Trinajstić information content (AvgIpc) is 3.04. The molecule has 0 fully saturated rings. The fourth-order valence-corrected chi connectivity index (χ4v) is 3.27. The number of para-hydroxylation sites is 2. The van der Waals surface area contributed by atoms with Crippen LogP contribution in [0.1, 0.15) is 29.4 Å². The summed E-state index contributed by atoms with van der Waals surface area (Å²) in [6, 6.07) is 18.2. The summed E-state index contributed by atoms with van der Waals surface area (Å²) in [5, 5.41) is 11.5. The van der Waals surface area contributed by atoms with Crippen LogP contribution in [0, 0.1) is 13.8 Å². The van der Waals surface area contributed by atoms with E-state index in [2.05, 4.69) is 40.7 Å². The Hall–Kier alpha value is -3.28. The summed E-state index contributed by atoms with van der Waals surface area (Å²) in [6.45, 7) is 8.06. The lowest BCUT2D eigenvalue weighted by atomic mass is 10.2. The molecule has 0 aliphatic carbocycles. The number of guanidine groups is 1. The first kappa shape index (κ1) is 20.5. The second kappa shape index (κ2) is 9.78. The van der Waals surface area contributed by atoms with Gasteiger partial charge in [-0.3, -0.25) is 4.99 Å². The number of benzene rings is 2. The number of aliphatic imine (C=N–C) groups is 1. The molecule has 0 aliphatic heterocycles. The normalized spacial score (nSPS) is 11.4. The number of ether oxygens (including phenoxy) is 1. The molecule has 29 heavy (non-hydrogen) atoms. The Balaban J connectivity index is 1.65. The van der Waals surface area contributed by atoms with Crippen LogP contribution in [0.25, 0.3) is 5.69 Å². The largest absolute Gasteiger partial charge is 0.494 e. The third-order valence-electron chi connectivity index (χ3n) is 4.82. The molecule has 6 nitrogen and oxygen atoms in total. The number of rotatable bonds is 7. The molecule has 0 saturated carbocycles. The third-order valence-corrected chi connectivity index (χ3v) is 4.82. The molecule has 2 N–H and O–H groups in total. The van der Waals surface area contributed by atoms with Gasteiger partial charge in [-0.25, -0.2) is 4.68 Å². The fourth-order valence-electron chi connectivity index (χ4n) is 3.27. The van der Waals surface area contributed by atoms with Crippen molar-refractivity contribution < 1.29 is 4.74 Å². The quantitative estimate of drug-likeness (QED) is 0.476. The van der Waals surface area contributed by atoms with Crippen molar-refractivity contribution >= 4 is 5.96 Å². The molecule has 0 atom stereocenters. The van der Waals surface area contributed by atoms with Crippen molar-refractivity contribution in [2.45, 2.75) is 33.9 Å². The Bertz CT molecular complexity index is 963. The topological polar surface area (TPSA) is 63.5 Å². The van der Waals surface area contributed by atoms with E-state index in [1.807, 2.05) is 54.9 Å². The summed E-state index contributed by atoms with van der Waals surface area (Å²) in [7, 11) is 1.77. The Morgan fingerprint density at radius 2 is 1.69 bits per heavy atom. The maximum absolute atomic E-state index is 5.70. The molecule has 3 rings (SSSR count). The fraction of sp³-hybridized carbons (Fsp3) is 0.304. The summed E-state index contributed by atoms with van der Waals surface area (Å²) >= 11 is 0. The van der Waals surface area contributed by atoms with Crippen molar-refractivity contribution in [3.05, 3.63) is 77.1 Å². The van der Waals surface area contributed by atoms with E-state index in [0.29, 0.717) is 19.7 Å². The lowest BCUT2D eigenvalue weighted by Crippen LogP contribution is -2.36. The summed E-state index contributed by atoms with van der Waals surface area (Å²) in [5.41, 5.74) is 5.47. The van der Waals surface area contributed by atoms with Crippen LogP contribution in [0.15, 0.2) is 59.6 Å². The predicted octanol–water partition coefficient (Wildman–Crippen LogP) is 3.75. The zero-order chi connectivity index (χ0) is 20.6. The van der Waals surface area contributed by atoms with Crippen LogP contribution in [0.3, 0.4) is 0 Å². The van der Waals surface area contributed by atoms with Gasteiger partial charge in [0.25, 0.3) is 0 Å². The van der Waals surface area contributed by atoms with E-state index in [1.54, 1.807) is 7.05 Å². The first-order valence-corrected chi connectivity index (χ1v) is 9.89. The van der Waals surface area contributed by atoms with Crippen molar-refractivity contribution in [1.82, 2.24) is 20.4 Å². The molecule has 3 aromatic rings. The van der Waals surface area contributed by atoms with Gasteiger partial charge in [-0.1, -0.05) is 36.4 Å². The van der Waals surface area contributed by atoms with E-state index in [4.69, 9.17) is 9.84 Å². The standard InChI is InChI=1S/C23H29N5O/c1-5-29-22-14-10-9-11-19(22)15-25-23(24-4)26-16-21-17(2)27-28(18(21)3)20-12-7-6-8-13-20/h6-14H,5,15-16H2,1-4H3,(H2,24,25,26). The molecule has 0 bridgehead atoms. The van der Waals surface area contributed by atoms with E-state index in [9.17, 15) is 0 Å². The minimum Gasteiger partial charge on any atom is -0.494 e. The molecule has 1 aromatic heterocycles. The van der Waals surface area contributed by atoms with Gasteiger partial charge in [0.1, 0.15) is 5.75 Å². The van der Waals surface area contributed by atoms with Gasteiger partial charge in [-0.2, -0.15) is 5.10 Å². The Kier molecular flexibility index (Phi) is 6.89. The molecular weight excluding hydrogens is 362 g/mol. The second-order valence-corrected chi connectivity index (χ2v) is 6.72. The molecule has 0 amide bonds. The van der Waals surface area contributed by atoms with Gasteiger partial charge in [0, 0.05) is 37.0 Å². The molecule has 1 heterocycles. The van der Waals surface area contributed by atoms with Gasteiger partial charge in [-0.05, 0) is 39.0 Å². The molecule has 0 unspecified atom stereocenters. The van der Waals surface area contributed by atoms with Gasteiger partial charge in [0.2, 0.25) is 0 Å². The van der Waals surface area contributed by atoms with E-state index >= 15 is 0 Å². The summed E-state index contributed by atoms with van der Waals surface area (Å²) in [6.07, 6.45) is 0. The van der Waals surface area contributed by atoms with Gasteiger partial charge in [-0.15, -0.1) is 0 Å². The zero-order valence-electron chi connectivity index (χ0n) is 17.6. The van der Waals surface area contributed by atoms with E-state index in [0.717, 1.165) is 34.3 Å². The Morgan fingerprint density at radius 3 is 2.41 bits per heavy atom. The third kappa shape index (κ3) is 4.96. The molecule has 0 radical (unpaired) electrons. The molecule has 2 aromatic carbocycles. The number of hydrogen-bond acceptors (Lipinski definition) is 3. The molecule has 0 aliphatic rings. The summed E-state index contributed by atoms with van der Waals surface area (Å²) in [5.74, 6) is 1.64. The maximum atomic E-state index is 5.70. The highest BCUT2D eigenvalue weighted by Crippen LogP contribution is 2.18. The smallest absolute Gasteiger partial charge is 0.191 e. The molecule has 0 spiro atoms. The van der Waals surface area contributed by atoms with Crippen LogP contribution >= 0.6 is 0 Å². The van der Waals surface area contributed by atoms with Gasteiger partial charge < -0.3 is 15.4 Å². The van der Waals surface area contributed by atoms with Gasteiger partial charge >= 0.3 is 0 Å². The predicted molar refractivity (Wildman–Crippen MR) is 118 cm³/mol. The Labute approximate surface area is 172 Å². The van der Waals surface area contributed by atoms with Crippen LogP contribution in [-0.2, 0) is 13.1 Å². The second-order valence-electron chi connectivity index (χ2n) is 6.72. The summed E-state index contributed by atoms with van der Waals surface area (Å²) < 4.78 is 7.68. The van der Waals surface area contributed by atoms with Gasteiger partial charge in [0.15, 0.2) is 5.96 Å². The first-order valence-electron chi connectivity index (χ1n) is 9.89. The van der Waals surface area contributed by atoms with Crippen LogP contribution in [0.2, 0.25) is 0 Å². The molecule has 152 valence electrons. The highest BCUT2D eigenvalue weighted by Gasteiger charge is 2.13. The monoisotopic (exact) mass is 391 g/mol. The lowest BCUT2D eigenvalue weighted by Gasteiger charge is -2.14. The number of aromatic nitrogens is 2. The highest BCUT2D eigenvalue weighted by molar-refractivity contribution is 5.79. The van der Waals surface area contributed by atoms with Crippen molar-refractivity contribution in [3.8, 4) is 11.4 Å². The average molecular weight is 392 g/mol. The minimum absolute atomic E-state index is 0.636. The van der Waals surface area contributed by atoms with Crippen molar-refractivity contribution in [1.29, 1.82) is 0 Å². The SMILES string of the molecule is CCOc1ccccc1CNC(=NC)NCc1c(C)nn(-c2ccccc2)c1C. The minimum atomic E-state index is 0.636. The number of nitrogens with one attached hydrogen (secondary N) is 2. The van der Waals surface area contributed by atoms with Crippen molar-refractivity contribution in [2.75, 3.05) is 13.7 Å². The molecular formula is C23H29N5O. The number of hydrogen-bond donors (Lipinski definition) is 2. The first-order chi connectivity index (χ1) is 14.1. The van der Waals surface area contributed by atoms with Crippen LogP contribution < -0.4 is 15.4 Å². The van der Waals surface area contributed by atoms with Gasteiger partial charge in [0.05, 0.1) is 18.0 Å². The van der Waals surface area contributed by atoms with E-state index in [1.165, 1.54) is 5.56 Å². The van der Waals surface area contributed by atoms with E-state index in [-0.39, 0.29) is 0 Å². The summed E-state index contributed by atoms with van der Waals surface area (Å²) in [4.78, 5) is 4.34. The molecule has 0 saturated heterocycles. The highest BCUT2D eigenvalue weighted by atomic mass is 16.5. The van der Waals surface area contributed by atoms with Crippen LogP contribution in [-0.4, -0.2) is 29.4 Å². The molecule has 6 heteroatoms. The maximum Gasteiger partial charge on any atom is 0.191 e. The number of nitrogens with zero attached hydrogens (tertiary/aromatic N) is 3. The van der Waals surface area contributed by atoms with Crippen LogP contribution in [0.4, 0.5) is 0 Å². The van der Waals surface area contributed by atoms with E-state index < -0.39 is 0 Å². The number of aryl methyl sites for hydroxylation is 1. The van der Waals surface area contributed by atoms with Crippen molar-refractivity contribution in [3.63, 3.8) is 0 Å².